The normalized spacial score (nSPS) is 15.5. The third-order valence-corrected chi connectivity index (χ3v) is 5.24. The summed E-state index contributed by atoms with van der Waals surface area (Å²) in [4.78, 5) is 10.1. The maximum atomic E-state index is 12.6. The Morgan fingerprint density at radius 1 is 1.24 bits per heavy atom. The van der Waals surface area contributed by atoms with Crippen LogP contribution in [0, 0.1) is 10.1 Å². The van der Waals surface area contributed by atoms with Gasteiger partial charge in [-0.15, -0.1) is 0 Å². The highest BCUT2D eigenvalue weighted by molar-refractivity contribution is 7.55. The van der Waals surface area contributed by atoms with Crippen LogP contribution in [0.15, 0.2) is 0 Å². The van der Waals surface area contributed by atoms with E-state index in [1.807, 2.05) is 0 Å². The molecule has 0 aromatic carbocycles. The molecule has 1 atom stereocenters. The van der Waals surface area contributed by atoms with Crippen molar-refractivity contribution in [2.45, 2.75) is 32.5 Å². The molecule has 0 saturated heterocycles. The zero-order valence-corrected chi connectivity index (χ0v) is 11.6. The summed E-state index contributed by atoms with van der Waals surface area (Å²) in [6.07, 6.45) is 0.168. The van der Waals surface area contributed by atoms with E-state index < -0.39 is 24.4 Å². The largest absolute Gasteiger partial charge is 0.369 e. The van der Waals surface area contributed by atoms with Gasteiger partial charge < -0.3 is 13.8 Å². The summed E-state index contributed by atoms with van der Waals surface area (Å²) in [5, 5.41) is 9.16. The highest BCUT2D eigenvalue weighted by Crippen LogP contribution is 2.61. The molecule has 0 heterocycles. The van der Waals surface area contributed by atoms with E-state index in [1.54, 1.807) is 20.8 Å². The zero-order chi connectivity index (χ0) is 13.5. The van der Waals surface area contributed by atoms with Crippen molar-refractivity contribution in [1.29, 1.82) is 0 Å². The molecule has 0 aromatic rings. The lowest BCUT2D eigenvalue weighted by atomic mass is 10.3. The van der Waals surface area contributed by atoms with Gasteiger partial charge in [-0.25, -0.2) is 0 Å². The first-order valence-corrected chi connectivity index (χ1v) is 7.01. The van der Waals surface area contributed by atoms with Crippen molar-refractivity contribution in [2.24, 2.45) is 0 Å². The van der Waals surface area contributed by atoms with Crippen LogP contribution in [0.4, 0.5) is 0 Å². The number of ether oxygens (including phenoxy) is 1. The van der Waals surface area contributed by atoms with Crippen LogP contribution < -0.4 is 0 Å². The number of hydrogen-bond acceptors (Lipinski definition) is 6. The molecule has 8 heteroatoms. The van der Waals surface area contributed by atoms with Gasteiger partial charge in [0.2, 0.25) is 11.9 Å². The number of hydrogen-bond donors (Lipinski definition) is 0. The van der Waals surface area contributed by atoms with Crippen LogP contribution in [-0.4, -0.2) is 37.1 Å². The van der Waals surface area contributed by atoms with Crippen molar-refractivity contribution in [3.63, 3.8) is 0 Å². The van der Waals surface area contributed by atoms with Crippen LogP contribution in [0.25, 0.3) is 0 Å². The molecule has 0 amide bonds. The Bertz CT molecular complexity index is 281. The molecule has 0 spiro atoms. The average Bonchev–Trinajstić information content (AvgIpc) is 2.26. The Morgan fingerprint density at radius 2 is 1.71 bits per heavy atom. The standard InChI is InChI=1S/C9H20NO6P/c1-5-9(14-4,8-10(11)12)17(13,15-6-2)16-7-3/h5-8H2,1-4H3. The first-order chi connectivity index (χ1) is 7.91. The molecule has 7 nitrogen and oxygen atoms in total. The third kappa shape index (κ3) is 3.74. The second-order valence-corrected chi connectivity index (χ2v) is 5.65. The van der Waals surface area contributed by atoms with E-state index in [-0.39, 0.29) is 19.6 Å². The predicted octanol–water partition coefficient (Wildman–Crippen LogP) is 2.28. The molecule has 0 fully saturated rings. The van der Waals surface area contributed by atoms with Crippen molar-refractivity contribution in [3.8, 4) is 0 Å². The number of rotatable bonds is 9. The summed E-state index contributed by atoms with van der Waals surface area (Å²) in [5.74, 6) is 0. The molecule has 102 valence electrons. The summed E-state index contributed by atoms with van der Waals surface area (Å²) in [6.45, 7) is 4.61. The fraction of sp³-hybridized carbons (Fsp3) is 1.00. The second-order valence-electron chi connectivity index (χ2n) is 3.33. The number of nitrogens with zero attached hydrogens (tertiary/aromatic N) is 1. The smallest absolute Gasteiger partial charge is 0.360 e. The van der Waals surface area contributed by atoms with E-state index in [9.17, 15) is 14.7 Å². The van der Waals surface area contributed by atoms with E-state index in [2.05, 4.69) is 0 Å². The quantitative estimate of drug-likeness (QED) is 0.362. The summed E-state index contributed by atoms with van der Waals surface area (Å²) < 4.78 is 27.9. The molecule has 0 radical (unpaired) electrons. The Kier molecular flexibility index (Phi) is 6.85. The van der Waals surface area contributed by atoms with Crippen molar-refractivity contribution < 1.29 is 23.3 Å². The SMILES string of the molecule is CCOP(=O)(OCC)C(CC)(C[N+](=O)[O-])OC. The highest BCUT2D eigenvalue weighted by Gasteiger charge is 2.54. The first kappa shape index (κ1) is 16.5. The van der Waals surface area contributed by atoms with E-state index in [4.69, 9.17) is 13.8 Å². The minimum absolute atomic E-state index is 0.139. The van der Waals surface area contributed by atoms with Gasteiger partial charge in [-0.1, -0.05) is 6.92 Å². The molecular weight excluding hydrogens is 249 g/mol. The van der Waals surface area contributed by atoms with Crippen LogP contribution in [0.3, 0.4) is 0 Å². The summed E-state index contributed by atoms with van der Waals surface area (Å²) >= 11 is 0. The fourth-order valence-corrected chi connectivity index (χ4v) is 3.65. The molecule has 0 N–H and O–H groups in total. The Hall–Kier alpha value is -0.490. The van der Waals surface area contributed by atoms with Gasteiger partial charge in [0.15, 0.2) is 0 Å². The van der Waals surface area contributed by atoms with Gasteiger partial charge in [0, 0.05) is 12.0 Å². The highest BCUT2D eigenvalue weighted by atomic mass is 31.2. The Labute approximate surface area is 101 Å². The molecule has 17 heavy (non-hydrogen) atoms. The van der Waals surface area contributed by atoms with Crippen LogP contribution in [0.2, 0.25) is 0 Å². The van der Waals surface area contributed by atoms with E-state index in [1.165, 1.54) is 7.11 Å². The predicted molar refractivity (Wildman–Crippen MR) is 62.8 cm³/mol. The topological polar surface area (TPSA) is 87.9 Å². The van der Waals surface area contributed by atoms with Crippen molar-refractivity contribution >= 4 is 7.60 Å². The lowest BCUT2D eigenvalue weighted by Crippen LogP contribution is -2.39. The number of methoxy groups -OCH3 is 1. The molecule has 1 unspecified atom stereocenters. The molecule has 0 aliphatic heterocycles. The first-order valence-electron chi connectivity index (χ1n) is 5.47. The molecule has 0 saturated carbocycles. The second kappa shape index (κ2) is 7.06. The van der Waals surface area contributed by atoms with Gasteiger partial charge in [0.05, 0.1) is 13.2 Å². The minimum atomic E-state index is -3.68. The molecular formula is C9H20NO6P. The van der Waals surface area contributed by atoms with Gasteiger partial charge in [-0.3, -0.25) is 14.7 Å². The van der Waals surface area contributed by atoms with Crippen LogP contribution >= 0.6 is 7.60 Å². The van der Waals surface area contributed by atoms with Crippen molar-refractivity contribution in [1.82, 2.24) is 0 Å². The molecule has 0 rings (SSSR count). The Balaban J connectivity index is 5.34. The van der Waals surface area contributed by atoms with E-state index in [0.29, 0.717) is 0 Å². The lowest BCUT2D eigenvalue weighted by molar-refractivity contribution is -0.495. The van der Waals surface area contributed by atoms with Crippen LogP contribution in [0.5, 0.6) is 0 Å². The van der Waals surface area contributed by atoms with Crippen LogP contribution in [0.1, 0.15) is 27.2 Å². The van der Waals surface area contributed by atoms with Gasteiger partial charge >= 0.3 is 7.60 Å². The summed E-state index contributed by atoms with van der Waals surface area (Å²) in [5.41, 5.74) is 0. The van der Waals surface area contributed by atoms with E-state index >= 15 is 0 Å². The Morgan fingerprint density at radius 3 is 1.94 bits per heavy atom. The average molecular weight is 269 g/mol. The molecule has 0 aromatic heterocycles. The maximum Gasteiger partial charge on any atom is 0.369 e. The number of nitro groups is 1. The third-order valence-electron chi connectivity index (χ3n) is 2.41. The summed E-state index contributed by atoms with van der Waals surface area (Å²) in [6, 6.07) is 0. The maximum absolute atomic E-state index is 12.6. The van der Waals surface area contributed by atoms with Crippen molar-refractivity contribution in [2.75, 3.05) is 26.9 Å². The minimum Gasteiger partial charge on any atom is -0.360 e. The summed E-state index contributed by atoms with van der Waals surface area (Å²) in [7, 11) is -2.40. The molecule has 0 aliphatic rings. The van der Waals surface area contributed by atoms with Gasteiger partial charge in [-0.05, 0) is 20.3 Å². The molecule has 0 aliphatic carbocycles. The van der Waals surface area contributed by atoms with Gasteiger partial charge in [0.25, 0.3) is 0 Å². The van der Waals surface area contributed by atoms with Gasteiger partial charge in [-0.2, -0.15) is 0 Å². The van der Waals surface area contributed by atoms with Gasteiger partial charge in [0.1, 0.15) is 0 Å². The molecule has 0 bridgehead atoms. The van der Waals surface area contributed by atoms with E-state index in [0.717, 1.165) is 0 Å². The monoisotopic (exact) mass is 269 g/mol. The zero-order valence-electron chi connectivity index (χ0n) is 10.7. The van der Waals surface area contributed by atoms with Crippen LogP contribution in [-0.2, 0) is 18.3 Å². The lowest BCUT2D eigenvalue weighted by Gasteiger charge is -2.33. The van der Waals surface area contributed by atoms with Crippen molar-refractivity contribution in [3.05, 3.63) is 10.1 Å². The fourth-order valence-electron chi connectivity index (χ4n) is 1.53.